The number of aryl methyl sites for hydroxylation is 1. The average molecular weight is 271 g/mol. The van der Waals surface area contributed by atoms with Gasteiger partial charge in [0.1, 0.15) is 5.56 Å². The standard InChI is InChI=1S/C11H8Cl2N2O2/c1-15-5-8(11(17)14-15)10(16)7-3-2-6(12)4-9(7)13/h2-5H,1H3,(H,14,17). The zero-order chi connectivity index (χ0) is 12.6. The molecule has 0 bridgehead atoms. The van der Waals surface area contributed by atoms with Crippen LogP contribution in [0.4, 0.5) is 0 Å². The van der Waals surface area contributed by atoms with Crippen LogP contribution in [0.25, 0.3) is 0 Å². The Morgan fingerprint density at radius 3 is 2.53 bits per heavy atom. The average Bonchev–Trinajstić information content (AvgIpc) is 2.57. The molecule has 0 amide bonds. The van der Waals surface area contributed by atoms with Gasteiger partial charge in [-0.1, -0.05) is 23.2 Å². The number of benzene rings is 1. The van der Waals surface area contributed by atoms with E-state index in [2.05, 4.69) is 5.10 Å². The molecule has 2 rings (SSSR count). The molecular formula is C11H8Cl2N2O2. The molecule has 0 saturated heterocycles. The Balaban J connectivity index is 2.51. The first kappa shape index (κ1) is 12.0. The third-order valence-corrected chi connectivity index (χ3v) is 2.81. The van der Waals surface area contributed by atoms with E-state index in [4.69, 9.17) is 23.2 Å². The largest absolute Gasteiger partial charge is 0.295 e. The maximum atomic E-state index is 12.1. The molecule has 0 aliphatic heterocycles. The van der Waals surface area contributed by atoms with Gasteiger partial charge in [-0.15, -0.1) is 0 Å². The van der Waals surface area contributed by atoms with Crippen LogP contribution in [0.1, 0.15) is 15.9 Å². The van der Waals surface area contributed by atoms with Crippen LogP contribution in [0.3, 0.4) is 0 Å². The second kappa shape index (κ2) is 4.39. The Morgan fingerprint density at radius 1 is 1.29 bits per heavy atom. The van der Waals surface area contributed by atoms with Crippen molar-refractivity contribution in [2.75, 3.05) is 0 Å². The normalized spacial score (nSPS) is 10.5. The van der Waals surface area contributed by atoms with E-state index in [9.17, 15) is 9.59 Å². The first-order valence-electron chi connectivity index (χ1n) is 4.74. The van der Waals surface area contributed by atoms with Crippen LogP contribution < -0.4 is 5.56 Å². The van der Waals surface area contributed by atoms with Crippen molar-refractivity contribution in [1.29, 1.82) is 0 Å². The number of nitrogens with one attached hydrogen (secondary N) is 1. The number of ketones is 1. The first-order valence-corrected chi connectivity index (χ1v) is 5.50. The van der Waals surface area contributed by atoms with E-state index in [1.54, 1.807) is 13.1 Å². The molecule has 0 aliphatic rings. The fourth-order valence-electron chi connectivity index (χ4n) is 1.49. The van der Waals surface area contributed by atoms with E-state index in [0.717, 1.165) is 0 Å². The quantitative estimate of drug-likeness (QED) is 0.852. The summed E-state index contributed by atoms with van der Waals surface area (Å²) in [6.07, 6.45) is 1.43. The van der Waals surface area contributed by atoms with E-state index in [0.29, 0.717) is 5.02 Å². The minimum atomic E-state index is -0.441. The molecule has 1 aromatic carbocycles. The predicted octanol–water partition coefficient (Wildman–Crippen LogP) is 2.25. The highest BCUT2D eigenvalue weighted by Crippen LogP contribution is 2.22. The molecule has 1 heterocycles. The summed E-state index contributed by atoms with van der Waals surface area (Å²) in [5, 5.41) is 3.13. The van der Waals surface area contributed by atoms with Crippen molar-refractivity contribution >= 4 is 29.0 Å². The van der Waals surface area contributed by atoms with Crippen LogP contribution in [-0.2, 0) is 7.05 Å². The number of H-pyrrole nitrogens is 1. The van der Waals surface area contributed by atoms with Crippen LogP contribution in [0.15, 0.2) is 29.2 Å². The number of halogens is 2. The highest BCUT2D eigenvalue weighted by Gasteiger charge is 2.17. The fraction of sp³-hybridized carbons (Fsp3) is 0.0909. The number of hydrogen-bond acceptors (Lipinski definition) is 2. The lowest BCUT2D eigenvalue weighted by atomic mass is 10.1. The highest BCUT2D eigenvalue weighted by atomic mass is 35.5. The van der Waals surface area contributed by atoms with Gasteiger partial charge in [-0.05, 0) is 18.2 Å². The van der Waals surface area contributed by atoms with Crippen LogP contribution in [0, 0.1) is 0 Å². The lowest BCUT2D eigenvalue weighted by molar-refractivity contribution is 0.103. The van der Waals surface area contributed by atoms with Crippen molar-refractivity contribution in [3.63, 3.8) is 0 Å². The van der Waals surface area contributed by atoms with Crippen molar-refractivity contribution in [1.82, 2.24) is 9.78 Å². The minimum Gasteiger partial charge on any atom is -0.295 e. The summed E-state index contributed by atoms with van der Waals surface area (Å²) in [5.74, 6) is -0.423. The number of aromatic nitrogens is 2. The molecule has 1 N–H and O–H groups in total. The second-order valence-electron chi connectivity index (χ2n) is 3.55. The van der Waals surface area contributed by atoms with E-state index in [1.807, 2.05) is 0 Å². The first-order chi connectivity index (χ1) is 7.99. The second-order valence-corrected chi connectivity index (χ2v) is 4.39. The van der Waals surface area contributed by atoms with Crippen LogP contribution in [0.5, 0.6) is 0 Å². The molecule has 88 valence electrons. The van der Waals surface area contributed by atoms with Crippen molar-refractivity contribution in [2.24, 2.45) is 7.05 Å². The van der Waals surface area contributed by atoms with E-state index < -0.39 is 11.3 Å². The monoisotopic (exact) mass is 270 g/mol. The summed E-state index contributed by atoms with van der Waals surface area (Å²) in [6.45, 7) is 0. The Labute approximate surface area is 107 Å². The number of carbonyl (C=O) groups excluding carboxylic acids is 1. The Morgan fingerprint density at radius 2 is 2.00 bits per heavy atom. The molecule has 0 radical (unpaired) electrons. The molecule has 6 heteroatoms. The Bertz CT molecular complexity index is 643. The number of aromatic amines is 1. The molecule has 1 aromatic heterocycles. The third kappa shape index (κ3) is 2.28. The van der Waals surface area contributed by atoms with Gasteiger partial charge in [0, 0.05) is 23.8 Å². The van der Waals surface area contributed by atoms with Crippen molar-refractivity contribution in [3.8, 4) is 0 Å². The van der Waals surface area contributed by atoms with Gasteiger partial charge in [0.2, 0.25) is 5.78 Å². The van der Waals surface area contributed by atoms with Gasteiger partial charge in [0.25, 0.3) is 5.56 Å². The van der Waals surface area contributed by atoms with Gasteiger partial charge in [0.05, 0.1) is 5.02 Å². The Hall–Kier alpha value is -1.52. The van der Waals surface area contributed by atoms with Crippen LogP contribution in [-0.4, -0.2) is 15.6 Å². The zero-order valence-electron chi connectivity index (χ0n) is 8.83. The number of carbonyl (C=O) groups is 1. The molecular weight excluding hydrogens is 263 g/mol. The maximum absolute atomic E-state index is 12.1. The summed E-state index contributed by atoms with van der Waals surface area (Å²) >= 11 is 11.6. The predicted molar refractivity (Wildman–Crippen MR) is 65.9 cm³/mol. The van der Waals surface area contributed by atoms with Gasteiger partial charge < -0.3 is 0 Å². The third-order valence-electron chi connectivity index (χ3n) is 2.27. The molecule has 17 heavy (non-hydrogen) atoms. The summed E-state index contributed by atoms with van der Waals surface area (Å²) in [5.41, 5.74) is -0.131. The fourth-order valence-corrected chi connectivity index (χ4v) is 1.98. The lowest BCUT2D eigenvalue weighted by Crippen LogP contribution is -2.13. The lowest BCUT2D eigenvalue weighted by Gasteiger charge is -2.01. The van der Waals surface area contributed by atoms with E-state index in [1.165, 1.54) is 23.0 Å². The summed E-state index contributed by atoms with van der Waals surface area (Å²) in [4.78, 5) is 23.5. The van der Waals surface area contributed by atoms with E-state index in [-0.39, 0.29) is 16.1 Å². The van der Waals surface area contributed by atoms with Gasteiger partial charge >= 0.3 is 0 Å². The SMILES string of the molecule is Cn1cc(C(=O)c2ccc(Cl)cc2Cl)c(=O)[nH]1. The van der Waals surface area contributed by atoms with Crippen LogP contribution in [0.2, 0.25) is 10.0 Å². The van der Waals surface area contributed by atoms with Crippen LogP contribution >= 0.6 is 23.2 Å². The molecule has 0 unspecified atom stereocenters. The molecule has 0 saturated carbocycles. The van der Waals surface area contributed by atoms with Crippen molar-refractivity contribution in [3.05, 3.63) is 55.9 Å². The maximum Gasteiger partial charge on any atom is 0.275 e. The Kier molecular flexibility index (Phi) is 3.09. The molecule has 4 nitrogen and oxygen atoms in total. The van der Waals surface area contributed by atoms with Gasteiger partial charge in [-0.3, -0.25) is 19.4 Å². The molecule has 2 aromatic rings. The molecule has 0 atom stereocenters. The molecule has 0 fully saturated rings. The van der Waals surface area contributed by atoms with E-state index >= 15 is 0 Å². The number of nitrogens with zero attached hydrogens (tertiary/aromatic N) is 1. The van der Waals surface area contributed by atoms with Crippen molar-refractivity contribution in [2.45, 2.75) is 0 Å². The van der Waals surface area contributed by atoms with Crippen molar-refractivity contribution < 1.29 is 4.79 Å². The van der Waals surface area contributed by atoms with Gasteiger partial charge in [-0.2, -0.15) is 0 Å². The summed E-state index contributed by atoms with van der Waals surface area (Å²) in [7, 11) is 1.63. The number of rotatable bonds is 2. The molecule has 0 spiro atoms. The zero-order valence-corrected chi connectivity index (χ0v) is 10.3. The van der Waals surface area contributed by atoms with Gasteiger partial charge in [-0.25, -0.2) is 0 Å². The number of hydrogen-bond donors (Lipinski definition) is 1. The van der Waals surface area contributed by atoms with Gasteiger partial charge in [0.15, 0.2) is 0 Å². The topological polar surface area (TPSA) is 54.9 Å². The minimum absolute atomic E-state index is 0.0525. The summed E-state index contributed by atoms with van der Waals surface area (Å²) < 4.78 is 1.42. The highest BCUT2D eigenvalue weighted by molar-refractivity contribution is 6.37. The smallest absolute Gasteiger partial charge is 0.275 e. The summed E-state index contributed by atoms with van der Waals surface area (Å²) in [6, 6.07) is 4.52. The molecule has 0 aliphatic carbocycles.